The van der Waals surface area contributed by atoms with Crippen LogP contribution in [0.25, 0.3) is 0 Å². The minimum atomic E-state index is -4.63. The first-order valence-electron chi connectivity index (χ1n) is 11.4. The highest BCUT2D eigenvalue weighted by molar-refractivity contribution is 5.94. The van der Waals surface area contributed by atoms with Gasteiger partial charge in [0.1, 0.15) is 17.3 Å². The van der Waals surface area contributed by atoms with E-state index in [2.05, 4.69) is 0 Å². The van der Waals surface area contributed by atoms with Gasteiger partial charge in [0.2, 0.25) is 0 Å². The molecule has 2 aliphatic rings. The maximum absolute atomic E-state index is 14.9. The molecule has 1 N–H and O–H groups in total. The lowest BCUT2D eigenvalue weighted by molar-refractivity contribution is -0.144. The molecule has 0 unspecified atom stereocenters. The number of piperidine rings is 1. The molecule has 1 aromatic carbocycles. The van der Waals surface area contributed by atoms with Gasteiger partial charge in [-0.2, -0.15) is 13.2 Å². The van der Waals surface area contributed by atoms with Gasteiger partial charge in [-0.05, 0) is 50.6 Å². The minimum absolute atomic E-state index is 0. The number of aromatic nitrogens is 1. The first-order chi connectivity index (χ1) is 16.1. The first-order valence-corrected chi connectivity index (χ1v) is 11.4. The van der Waals surface area contributed by atoms with Gasteiger partial charge in [0.15, 0.2) is 0 Å². The van der Waals surface area contributed by atoms with Gasteiger partial charge in [0, 0.05) is 52.3 Å². The Morgan fingerprint density at radius 2 is 1.88 bits per heavy atom. The fourth-order valence-electron chi connectivity index (χ4n) is 5.17. The molecule has 34 heavy (non-hydrogen) atoms. The highest BCUT2D eigenvalue weighted by Gasteiger charge is 2.49. The number of likely N-dealkylation sites (tertiary alicyclic amines) is 1. The van der Waals surface area contributed by atoms with Gasteiger partial charge in [-0.25, -0.2) is 4.39 Å². The highest BCUT2D eigenvalue weighted by atomic mass is 19.4. The fourth-order valence-corrected chi connectivity index (χ4v) is 5.17. The van der Waals surface area contributed by atoms with E-state index in [0.29, 0.717) is 62.9 Å². The van der Waals surface area contributed by atoms with Crippen LogP contribution in [0.1, 0.15) is 48.0 Å². The average molecular weight is 486 g/mol. The summed E-state index contributed by atoms with van der Waals surface area (Å²) in [6, 6.07) is 5.75. The maximum atomic E-state index is 14.9. The Balaban J connectivity index is 0.00000342. The SMILES string of the molecule is Cc1cc(C(=O)N2CCC3(CC2)c2c(F)cc(C(F)(F)F)n2CCN3C)ccc1OCCCO.[HH]. The number of hydrogen-bond donors (Lipinski definition) is 1. The number of carbonyl (C=O) groups is 1. The number of hydrogen-bond acceptors (Lipinski definition) is 4. The smallest absolute Gasteiger partial charge is 0.431 e. The molecule has 1 spiro atoms. The summed E-state index contributed by atoms with van der Waals surface area (Å²) in [6.45, 7) is 3.30. The number of fused-ring (bicyclic) bond motifs is 2. The molecule has 2 aromatic rings. The Labute approximate surface area is 197 Å². The summed E-state index contributed by atoms with van der Waals surface area (Å²) in [6.07, 6.45) is -3.43. The molecular formula is C24H31F4N3O3. The van der Waals surface area contributed by atoms with Crippen LogP contribution in [0.2, 0.25) is 0 Å². The number of aryl methyl sites for hydroxylation is 1. The normalized spacial score (nSPS) is 18.3. The van der Waals surface area contributed by atoms with E-state index in [1.165, 1.54) is 0 Å². The van der Waals surface area contributed by atoms with Crippen molar-refractivity contribution in [1.29, 1.82) is 0 Å². The lowest BCUT2D eigenvalue weighted by Gasteiger charge is -2.50. The van der Waals surface area contributed by atoms with Crippen LogP contribution in [0.15, 0.2) is 24.3 Å². The molecule has 0 saturated carbocycles. The van der Waals surface area contributed by atoms with E-state index in [4.69, 9.17) is 9.84 Å². The number of benzene rings is 1. The second-order valence-electron chi connectivity index (χ2n) is 9.03. The first kappa shape index (κ1) is 24.5. The van der Waals surface area contributed by atoms with Crippen molar-refractivity contribution in [3.05, 3.63) is 52.6 Å². The fraction of sp³-hybridized carbons (Fsp3) is 0.542. The average Bonchev–Trinajstić information content (AvgIpc) is 3.15. The zero-order chi connectivity index (χ0) is 24.7. The summed E-state index contributed by atoms with van der Waals surface area (Å²) in [5.74, 6) is -0.376. The third-order valence-corrected chi connectivity index (χ3v) is 7.03. The molecule has 1 aromatic heterocycles. The van der Waals surface area contributed by atoms with Crippen molar-refractivity contribution in [1.82, 2.24) is 14.4 Å². The van der Waals surface area contributed by atoms with E-state index in [1.807, 2.05) is 11.8 Å². The van der Waals surface area contributed by atoms with E-state index < -0.39 is 23.2 Å². The minimum Gasteiger partial charge on any atom is -0.493 e. The molecule has 0 aliphatic carbocycles. The molecule has 3 heterocycles. The van der Waals surface area contributed by atoms with Crippen LogP contribution >= 0.6 is 0 Å². The van der Waals surface area contributed by atoms with Gasteiger partial charge in [-0.3, -0.25) is 9.69 Å². The van der Waals surface area contributed by atoms with Gasteiger partial charge in [-0.15, -0.1) is 0 Å². The van der Waals surface area contributed by atoms with Gasteiger partial charge in [0.25, 0.3) is 5.91 Å². The van der Waals surface area contributed by atoms with Crippen molar-refractivity contribution in [2.75, 3.05) is 39.9 Å². The number of nitrogens with zero attached hydrogens (tertiary/aromatic N) is 3. The van der Waals surface area contributed by atoms with Gasteiger partial charge < -0.3 is 19.3 Å². The molecule has 4 rings (SSSR count). The molecule has 188 valence electrons. The lowest BCUT2D eigenvalue weighted by atomic mass is 9.81. The Morgan fingerprint density at radius 1 is 1.18 bits per heavy atom. The zero-order valence-corrected chi connectivity index (χ0v) is 19.3. The van der Waals surface area contributed by atoms with Crippen LogP contribution in [0.4, 0.5) is 17.6 Å². The predicted molar refractivity (Wildman–Crippen MR) is 119 cm³/mol. The molecule has 1 saturated heterocycles. The van der Waals surface area contributed by atoms with Crippen molar-refractivity contribution in [3.63, 3.8) is 0 Å². The number of carbonyl (C=O) groups excluding carboxylic acids is 1. The second-order valence-corrected chi connectivity index (χ2v) is 9.03. The molecule has 1 fully saturated rings. The molecule has 1 amide bonds. The molecule has 0 atom stereocenters. The Morgan fingerprint density at radius 3 is 2.50 bits per heavy atom. The van der Waals surface area contributed by atoms with Crippen LogP contribution in [-0.2, 0) is 18.3 Å². The van der Waals surface area contributed by atoms with Crippen molar-refractivity contribution in [2.24, 2.45) is 0 Å². The number of likely N-dealkylation sites (N-methyl/N-ethyl adjacent to an activating group) is 1. The third-order valence-electron chi connectivity index (χ3n) is 7.03. The van der Waals surface area contributed by atoms with Crippen LogP contribution in [0, 0.1) is 12.7 Å². The maximum Gasteiger partial charge on any atom is 0.431 e. The zero-order valence-electron chi connectivity index (χ0n) is 19.3. The summed E-state index contributed by atoms with van der Waals surface area (Å²) in [5.41, 5.74) is -0.482. The van der Waals surface area contributed by atoms with E-state index >= 15 is 0 Å². The van der Waals surface area contributed by atoms with Gasteiger partial charge in [0.05, 0.1) is 17.8 Å². The molecule has 10 heteroatoms. The molecule has 0 radical (unpaired) electrons. The summed E-state index contributed by atoms with van der Waals surface area (Å²) < 4.78 is 62.0. The number of ether oxygens (including phenoxy) is 1. The number of aliphatic hydroxyl groups is 1. The van der Waals surface area contributed by atoms with Crippen molar-refractivity contribution < 1.29 is 33.6 Å². The number of halogens is 4. The standard InChI is InChI=1S/C24H29F4N3O3.H2/c1-16-14-17(4-5-19(16)34-13-3-12-32)22(33)30-8-6-23(7-9-30)21-18(25)15-20(24(26,27)28)31(21)11-10-29(23)2;/h4-5,14-15,32H,3,6-13H2,1-2H3;1H. The largest absolute Gasteiger partial charge is 0.493 e. The summed E-state index contributed by atoms with van der Waals surface area (Å²) >= 11 is 0. The number of alkyl halides is 3. The van der Waals surface area contributed by atoms with Crippen LogP contribution in [0.3, 0.4) is 0 Å². The molecular weight excluding hydrogens is 454 g/mol. The van der Waals surface area contributed by atoms with E-state index in [-0.39, 0.29) is 26.2 Å². The van der Waals surface area contributed by atoms with Gasteiger partial charge in [-0.1, -0.05) is 0 Å². The van der Waals surface area contributed by atoms with E-state index in [9.17, 15) is 22.4 Å². The third kappa shape index (κ3) is 4.29. The number of rotatable bonds is 5. The van der Waals surface area contributed by atoms with E-state index in [1.54, 1.807) is 30.1 Å². The highest BCUT2D eigenvalue weighted by Crippen LogP contribution is 2.45. The summed E-state index contributed by atoms with van der Waals surface area (Å²) in [5, 5.41) is 8.88. The van der Waals surface area contributed by atoms with Crippen molar-refractivity contribution in [2.45, 2.75) is 44.4 Å². The number of aliphatic hydroxyl groups excluding tert-OH is 1. The second kappa shape index (κ2) is 9.22. The summed E-state index contributed by atoms with van der Waals surface area (Å²) in [4.78, 5) is 16.7. The lowest BCUT2D eigenvalue weighted by Crippen LogP contribution is -2.57. The topological polar surface area (TPSA) is 57.9 Å². The van der Waals surface area contributed by atoms with Crippen molar-refractivity contribution in [3.8, 4) is 5.75 Å². The van der Waals surface area contributed by atoms with Crippen LogP contribution in [0.5, 0.6) is 5.75 Å². The van der Waals surface area contributed by atoms with Gasteiger partial charge >= 0.3 is 6.18 Å². The predicted octanol–water partition coefficient (Wildman–Crippen LogP) is 4.04. The molecule has 2 aliphatic heterocycles. The Hall–Kier alpha value is -2.59. The molecule has 0 bridgehead atoms. The van der Waals surface area contributed by atoms with Crippen LogP contribution in [-0.4, -0.2) is 65.3 Å². The van der Waals surface area contributed by atoms with E-state index in [0.717, 1.165) is 10.1 Å². The molecule has 6 nitrogen and oxygen atoms in total. The Kier molecular flexibility index (Phi) is 6.65. The monoisotopic (exact) mass is 485 g/mol. The Bertz CT molecular complexity index is 1070. The van der Waals surface area contributed by atoms with Crippen molar-refractivity contribution >= 4 is 5.91 Å². The number of amides is 1. The van der Waals surface area contributed by atoms with Crippen LogP contribution < -0.4 is 4.74 Å². The quantitative estimate of drug-likeness (QED) is 0.513. The summed E-state index contributed by atoms with van der Waals surface area (Å²) in [7, 11) is 1.81.